The van der Waals surface area contributed by atoms with Crippen LogP contribution in [0.4, 0.5) is 0 Å². The maximum absolute atomic E-state index is 6.52. The molecule has 2 aromatic heterocycles. The van der Waals surface area contributed by atoms with Crippen LogP contribution in [0.3, 0.4) is 0 Å². The molecule has 0 radical (unpaired) electrons. The summed E-state index contributed by atoms with van der Waals surface area (Å²) in [5.74, 6) is 1.34. The molecule has 2 heterocycles. The lowest BCUT2D eigenvalue weighted by molar-refractivity contribution is 0.595. The van der Waals surface area contributed by atoms with Crippen LogP contribution in [0.25, 0.3) is 61.2 Å². The van der Waals surface area contributed by atoms with Gasteiger partial charge in [0, 0.05) is 33.2 Å². The molecule has 2 nitrogen and oxygen atoms in total. The van der Waals surface area contributed by atoms with Crippen LogP contribution in [0.1, 0.15) is 46.8 Å². The van der Waals surface area contributed by atoms with Crippen molar-refractivity contribution in [3.63, 3.8) is 0 Å². The summed E-state index contributed by atoms with van der Waals surface area (Å²) in [6, 6.07) is 37.8. The fourth-order valence-electron chi connectivity index (χ4n) is 7.23. The minimum absolute atomic E-state index is 0.322. The Morgan fingerprint density at radius 3 is 2.41 bits per heavy atom. The van der Waals surface area contributed by atoms with Gasteiger partial charge in [0.1, 0.15) is 22.5 Å². The minimum atomic E-state index is 0.322. The Morgan fingerprint density at radius 1 is 0.634 bits per heavy atom. The normalized spacial score (nSPS) is 16.0. The summed E-state index contributed by atoms with van der Waals surface area (Å²) in [4.78, 5) is 0. The van der Waals surface area contributed by atoms with Crippen molar-refractivity contribution < 1.29 is 8.83 Å². The molecule has 2 heteroatoms. The molecule has 7 aromatic rings. The van der Waals surface area contributed by atoms with Crippen LogP contribution in [-0.2, 0) is 12.8 Å². The zero-order valence-corrected chi connectivity index (χ0v) is 22.7. The maximum atomic E-state index is 6.52. The van der Waals surface area contributed by atoms with Gasteiger partial charge in [-0.05, 0) is 83.3 Å². The van der Waals surface area contributed by atoms with Gasteiger partial charge in [-0.15, -0.1) is 0 Å². The molecule has 2 aliphatic carbocycles. The maximum Gasteiger partial charge on any atom is 0.143 e. The van der Waals surface area contributed by atoms with E-state index in [9.17, 15) is 0 Å². The molecule has 41 heavy (non-hydrogen) atoms. The summed E-state index contributed by atoms with van der Waals surface area (Å²) in [7, 11) is 0. The summed E-state index contributed by atoms with van der Waals surface area (Å²) in [6.45, 7) is 0. The first-order chi connectivity index (χ1) is 20.3. The minimum Gasteiger partial charge on any atom is -0.456 e. The Bertz CT molecular complexity index is 2150. The van der Waals surface area contributed by atoms with Gasteiger partial charge in [0.05, 0.1) is 0 Å². The molecule has 0 saturated heterocycles. The third-order valence-electron chi connectivity index (χ3n) is 9.24. The van der Waals surface area contributed by atoms with Gasteiger partial charge in [-0.1, -0.05) is 91.0 Å². The van der Waals surface area contributed by atoms with Crippen LogP contribution in [0, 0.1) is 0 Å². The Morgan fingerprint density at radius 2 is 1.46 bits per heavy atom. The van der Waals surface area contributed by atoms with Gasteiger partial charge in [-0.2, -0.15) is 0 Å². The highest BCUT2D eigenvalue weighted by atomic mass is 16.3. The lowest BCUT2D eigenvalue weighted by atomic mass is 9.85. The quantitative estimate of drug-likeness (QED) is 0.223. The van der Waals surface area contributed by atoms with Crippen LogP contribution < -0.4 is 0 Å². The summed E-state index contributed by atoms with van der Waals surface area (Å²) in [5, 5.41) is 3.63. The molecular formula is C39H28O2. The molecule has 0 bridgehead atoms. The van der Waals surface area contributed by atoms with Gasteiger partial charge in [0.25, 0.3) is 0 Å². The highest BCUT2D eigenvalue weighted by Gasteiger charge is 2.26. The van der Waals surface area contributed by atoms with Crippen LogP contribution in [0.5, 0.6) is 0 Å². The molecule has 9 rings (SSSR count). The van der Waals surface area contributed by atoms with Gasteiger partial charge >= 0.3 is 0 Å². The van der Waals surface area contributed by atoms with Crippen molar-refractivity contribution in [2.75, 3.05) is 0 Å². The lowest BCUT2D eigenvalue weighted by Gasteiger charge is -2.19. The van der Waals surface area contributed by atoms with Gasteiger partial charge < -0.3 is 8.83 Å². The second-order valence-corrected chi connectivity index (χ2v) is 11.5. The molecule has 0 N–H and O–H groups in total. The van der Waals surface area contributed by atoms with Crippen molar-refractivity contribution in [1.82, 2.24) is 0 Å². The van der Waals surface area contributed by atoms with E-state index in [0.717, 1.165) is 48.2 Å². The zero-order chi connectivity index (χ0) is 26.9. The number of para-hydroxylation sites is 1. The molecule has 0 amide bonds. The fourth-order valence-corrected chi connectivity index (χ4v) is 7.23. The number of rotatable bonds is 2. The third kappa shape index (κ3) is 3.50. The van der Waals surface area contributed by atoms with Crippen molar-refractivity contribution >= 4 is 39.0 Å². The number of hydrogen-bond acceptors (Lipinski definition) is 2. The average molecular weight is 529 g/mol. The van der Waals surface area contributed by atoms with E-state index in [0.29, 0.717) is 5.92 Å². The number of allylic oxidation sites excluding steroid dienone is 1. The SMILES string of the molecule is C1=Cc2oc3ccc(-c4ccc(C5CCc6ccc7c(oc8ccccc87)c6-c6ccccc65)cc4)cc3c2CC1. The van der Waals surface area contributed by atoms with Crippen LogP contribution >= 0.6 is 0 Å². The second-order valence-electron chi connectivity index (χ2n) is 11.5. The van der Waals surface area contributed by atoms with Crippen molar-refractivity contribution in [3.05, 3.63) is 137 Å². The van der Waals surface area contributed by atoms with Gasteiger partial charge in [0.15, 0.2) is 0 Å². The first kappa shape index (κ1) is 22.9. The Balaban J connectivity index is 1.13. The van der Waals surface area contributed by atoms with Gasteiger partial charge in [0.2, 0.25) is 0 Å². The molecule has 2 aliphatic rings. The highest BCUT2D eigenvalue weighted by Crippen LogP contribution is 2.46. The van der Waals surface area contributed by atoms with Crippen molar-refractivity contribution in [3.8, 4) is 22.3 Å². The summed E-state index contributed by atoms with van der Waals surface area (Å²) < 4.78 is 12.6. The third-order valence-corrected chi connectivity index (χ3v) is 9.24. The summed E-state index contributed by atoms with van der Waals surface area (Å²) in [5.41, 5.74) is 13.4. The molecular weight excluding hydrogens is 500 g/mol. The van der Waals surface area contributed by atoms with E-state index < -0.39 is 0 Å². The van der Waals surface area contributed by atoms with Gasteiger partial charge in [-0.25, -0.2) is 0 Å². The second kappa shape index (κ2) is 8.84. The van der Waals surface area contributed by atoms with Crippen LogP contribution in [-0.4, -0.2) is 0 Å². The number of benzene rings is 5. The number of aryl methyl sites for hydroxylation is 2. The number of furan rings is 2. The molecule has 0 spiro atoms. The largest absolute Gasteiger partial charge is 0.456 e. The fraction of sp³-hybridized carbons (Fsp3) is 0.128. The van der Waals surface area contributed by atoms with Crippen LogP contribution in [0.15, 0.2) is 118 Å². The molecule has 0 fully saturated rings. The Kier molecular flexibility index (Phi) is 4.95. The highest BCUT2D eigenvalue weighted by molar-refractivity contribution is 6.10. The van der Waals surface area contributed by atoms with Crippen molar-refractivity contribution in [1.29, 1.82) is 0 Å². The van der Waals surface area contributed by atoms with E-state index in [-0.39, 0.29) is 0 Å². The number of fused-ring (bicyclic) bond motifs is 10. The molecule has 1 atom stereocenters. The first-order valence-corrected chi connectivity index (χ1v) is 14.7. The van der Waals surface area contributed by atoms with Crippen molar-refractivity contribution in [2.45, 2.75) is 31.6 Å². The molecule has 0 aliphatic heterocycles. The monoisotopic (exact) mass is 528 g/mol. The Hall–Kier alpha value is -4.82. The van der Waals surface area contributed by atoms with E-state index in [1.54, 1.807) is 0 Å². The van der Waals surface area contributed by atoms with Crippen molar-refractivity contribution in [2.24, 2.45) is 0 Å². The van der Waals surface area contributed by atoms with Crippen LogP contribution in [0.2, 0.25) is 0 Å². The van der Waals surface area contributed by atoms with E-state index in [1.165, 1.54) is 60.7 Å². The molecule has 1 unspecified atom stereocenters. The Labute approximate surface area is 238 Å². The van der Waals surface area contributed by atoms with Gasteiger partial charge in [-0.3, -0.25) is 0 Å². The van der Waals surface area contributed by atoms with E-state index in [1.807, 2.05) is 0 Å². The summed E-state index contributed by atoms with van der Waals surface area (Å²) in [6.07, 6.45) is 8.53. The van der Waals surface area contributed by atoms with E-state index in [4.69, 9.17) is 8.83 Å². The average Bonchev–Trinajstić information content (AvgIpc) is 3.54. The molecule has 0 saturated carbocycles. The smallest absolute Gasteiger partial charge is 0.143 e. The topological polar surface area (TPSA) is 26.3 Å². The lowest BCUT2D eigenvalue weighted by Crippen LogP contribution is -2.02. The van der Waals surface area contributed by atoms with E-state index >= 15 is 0 Å². The zero-order valence-electron chi connectivity index (χ0n) is 22.7. The molecule has 5 aromatic carbocycles. The number of hydrogen-bond donors (Lipinski definition) is 0. The predicted molar refractivity (Wildman–Crippen MR) is 168 cm³/mol. The standard InChI is InChI=1S/C39H28O2/c1-2-10-32-29(7-1)28(20-17-26-18-21-33-30-8-3-6-12-36(30)41-39(33)38(26)32)25-15-13-24(14-16-25)27-19-22-37-34(23-27)31-9-4-5-11-35(31)40-37/h1-3,5-8,10-16,18-19,21-23,28H,4,9,17,20H2. The predicted octanol–water partition coefficient (Wildman–Crippen LogP) is 10.7. The van der Waals surface area contributed by atoms with E-state index in [2.05, 4.69) is 115 Å². The first-order valence-electron chi connectivity index (χ1n) is 14.7. The summed E-state index contributed by atoms with van der Waals surface area (Å²) >= 11 is 0. The molecule has 196 valence electrons.